The highest BCUT2D eigenvalue weighted by Gasteiger charge is 2.62. The molecule has 2 unspecified atom stereocenters. The summed E-state index contributed by atoms with van der Waals surface area (Å²) in [5.74, 6) is 0.310. The molecule has 1 aliphatic heterocycles. The Bertz CT molecular complexity index is 1340. The van der Waals surface area contributed by atoms with Gasteiger partial charge in [-0.2, -0.15) is 0 Å². The van der Waals surface area contributed by atoms with E-state index in [1.807, 2.05) is 60.5 Å². The predicted molar refractivity (Wildman–Crippen MR) is 162 cm³/mol. The highest BCUT2D eigenvalue weighted by molar-refractivity contribution is 6.42. The summed E-state index contributed by atoms with van der Waals surface area (Å²) in [6, 6.07) is 26.2. The summed E-state index contributed by atoms with van der Waals surface area (Å²) >= 11 is 12.7. The molecule has 3 aromatic rings. The summed E-state index contributed by atoms with van der Waals surface area (Å²) in [5, 5.41) is 4.23. The lowest BCUT2D eigenvalue weighted by molar-refractivity contribution is -0.133. The van der Waals surface area contributed by atoms with Crippen LogP contribution >= 0.6 is 23.2 Å². The van der Waals surface area contributed by atoms with Crippen LogP contribution in [0.4, 0.5) is 0 Å². The van der Waals surface area contributed by atoms with Gasteiger partial charge in [0.25, 0.3) is 0 Å². The molecule has 210 valence electrons. The topological polar surface area (TPSA) is 52.7 Å². The summed E-state index contributed by atoms with van der Waals surface area (Å²) in [5.41, 5.74) is 2.34. The van der Waals surface area contributed by atoms with E-state index in [-0.39, 0.29) is 23.3 Å². The average Bonchev–Trinajstić information content (AvgIpc) is 3.69. The molecule has 0 aromatic heterocycles. The van der Waals surface area contributed by atoms with E-state index in [2.05, 4.69) is 34.5 Å². The van der Waals surface area contributed by atoms with E-state index in [1.54, 1.807) is 13.0 Å². The Kier molecular flexibility index (Phi) is 8.55. The number of likely N-dealkylation sites (N-methyl/N-ethyl adjacent to an activating group) is 1. The Hall–Kier alpha value is -2.86. The quantitative estimate of drug-likeness (QED) is 0.335. The van der Waals surface area contributed by atoms with Crippen molar-refractivity contribution in [3.8, 4) is 0 Å². The normalized spacial score (nSPS) is 21.9. The fraction of sp³-hybridized carbons (Fsp3) is 0.394. The first-order chi connectivity index (χ1) is 19.2. The van der Waals surface area contributed by atoms with Crippen molar-refractivity contribution >= 4 is 35.0 Å². The number of hydrogen-bond acceptors (Lipinski definition) is 3. The van der Waals surface area contributed by atoms with Crippen LogP contribution in [0.25, 0.3) is 0 Å². The Labute approximate surface area is 247 Å². The number of carbonyl (C=O) groups excluding carboxylic acids is 2. The summed E-state index contributed by atoms with van der Waals surface area (Å²) in [4.78, 5) is 30.6. The second kappa shape index (κ2) is 11.9. The molecule has 2 amide bonds. The molecule has 2 fully saturated rings. The summed E-state index contributed by atoms with van der Waals surface area (Å²) in [7, 11) is 1.91. The molecule has 1 saturated heterocycles. The van der Waals surface area contributed by atoms with E-state index in [0.717, 1.165) is 56.4 Å². The van der Waals surface area contributed by atoms with Gasteiger partial charge < -0.3 is 15.1 Å². The van der Waals surface area contributed by atoms with Gasteiger partial charge in [-0.1, -0.05) is 89.9 Å². The molecule has 40 heavy (non-hydrogen) atoms. The number of likely N-dealkylation sites (tertiary alicyclic amines) is 1. The monoisotopic (exact) mass is 577 g/mol. The van der Waals surface area contributed by atoms with Crippen LogP contribution in [-0.2, 0) is 27.0 Å². The van der Waals surface area contributed by atoms with Crippen molar-refractivity contribution in [1.29, 1.82) is 0 Å². The van der Waals surface area contributed by atoms with Gasteiger partial charge >= 0.3 is 0 Å². The minimum atomic E-state index is -0.606. The number of nitrogens with one attached hydrogen (secondary N) is 1. The lowest BCUT2D eigenvalue weighted by Crippen LogP contribution is -2.53. The van der Waals surface area contributed by atoms with Gasteiger partial charge in [-0.05, 0) is 60.4 Å². The molecular formula is C33H37Cl2N3O2. The zero-order chi connectivity index (χ0) is 28.3. The van der Waals surface area contributed by atoms with Gasteiger partial charge in [-0.3, -0.25) is 9.59 Å². The van der Waals surface area contributed by atoms with Crippen molar-refractivity contribution in [1.82, 2.24) is 15.1 Å². The Morgan fingerprint density at radius 2 is 1.57 bits per heavy atom. The smallest absolute Gasteiger partial charge is 0.233 e. The first-order valence-corrected chi connectivity index (χ1v) is 14.8. The van der Waals surface area contributed by atoms with Gasteiger partial charge in [0.2, 0.25) is 11.8 Å². The van der Waals surface area contributed by atoms with Gasteiger partial charge in [0.1, 0.15) is 0 Å². The molecule has 2 aliphatic rings. The third-order valence-corrected chi connectivity index (χ3v) is 9.52. The van der Waals surface area contributed by atoms with Crippen LogP contribution in [0.3, 0.4) is 0 Å². The molecule has 1 saturated carbocycles. The lowest BCUT2D eigenvalue weighted by Gasteiger charge is -2.43. The molecule has 1 heterocycles. The number of benzene rings is 3. The third kappa shape index (κ3) is 5.93. The fourth-order valence-corrected chi connectivity index (χ4v) is 6.75. The van der Waals surface area contributed by atoms with Crippen LogP contribution in [0.15, 0.2) is 78.9 Å². The van der Waals surface area contributed by atoms with Crippen molar-refractivity contribution in [3.05, 3.63) is 106 Å². The zero-order valence-electron chi connectivity index (χ0n) is 23.2. The maximum absolute atomic E-state index is 14.1. The minimum absolute atomic E-state index is 0.0118. The van der Waals surface area contributed by atoms with Crippen molar-refractivity contribution < 1.29 is 9.59 Å². The molecule has 1 aliphatic carbocycles. The van der Waals surface area contributed by atoms with Gasteiger partial charge in [0.05, 0.1) is 21.0 Å². The number of halogens is 2. The maximum atomic E-state index is 14.1. The van der Waals surface area contributed by atoms with Gasteiger partial charge in [0, 0.05) is 40.2 Å². The molecule has 3 aromatic carbocycles. The molecule has 7 heteroatoms. The van der Waals surface area contributed by atoms with Crippen LogP contribution in [0.5, 0.6) is 0 Å². The van der Waals surface area contributed by atoms with E-state index < -0.39 is 5.41 Å². The van der Waals surface area contributed by atoms with Crippen LogP contribution in [0.1, 0.15) is 42.9 Å². The van der Waals surface area contributed by atoms with Gasteiger partial charge in [-0.25, -0.2) is 0 Å². The Balaban J connectivity index is 1.31. The van der Waals surface area contributed by atoms with Gasteiger partial charge in [0.15, 0.2) is 0 Å². The summed E-state index contributed by atoms with van der Waals surface area (Å²) in [6.07, 6.45) is 3.25. The van der Waals surface area contributed by atoms with Gasteiger partial charge in [-0.15, -0.1) is 0 Å². The van der Waals surface area contributed by atoms with Crippen molar-refractivity contribution in [3.63, 3.8) is 0 Å². The number of amides is 2. The predicted octanol–water partition coefficient (Wildman–Crippen LogP) is 6.08. The van der Waals surface area contributed by atoms with E-state index in [0.29, 0.717) is 16.6 Å². The molecule has 5 rings (SSSR count). The zero-order valence-corrected chi connectivity index (χ0v) is 24.7. The Morgan fingerprint density at radius 1 is 0.925 bits per heavy atom. The lowest BCUT2D eigenvalue weighted by atomic mass is 9.80. The summed E-state index contributed by atoms with van der Waals surface area (Å²) < 4.78 is 0. The van der Waals surface area contributed by atoms with E-state index in [9.17, 15) is 9.59 Å². The first kappa shape index (κ1) is 28.7. The number of hydrogen-bond donors (Lipinski definition) is 1. The molecule has 1 N–H and O–H groups in total. The average molecular weight is 579 g/mol. The van der Waals surface area contributed by atoms with Crippen LogP contribution < -0.4 is 5.32 Å². The second-order valence-electron chi connectivity index (χ2n) is 11.4. The Morgan fingerprint density at radius 3 is 2.20 bits per heavy atom. The highest BCUT2D eigenvalue weighted by atomic mass is 35.5. The summed E-state index contributed by atoms with van der Waals surface area (Å²) in [6.45, 7) is 4.76. The third-order valence-electron chi connectivity index (χ3n) is 8.78. The molecule has 0 bridgehead atoms. The molecule has 2 atom stereocenters. The van der Waals surface area contributed by atoms with E-state index >= 15 is 0 Å². The SMILES string of the molecule is CC(=O)NC1(c2ccccc2)CCN(CC2CC2(C(=O)N(C)CCc2ccccc2)c2ccc(Cl)c(Cl)c2)CC1. The number of nitrogens with zero attached hydrogens (tertiary/aromatic N) is 2. The highest BCUT2D eigenvalue weighted by Crippen LogP contribution is 2.56. The second-order valence-corrected chi connectivity index (χ2v) is 12.2. The van der Waals surface area contributed by atoms with Crippen molar-refractivity contribution in [2.75, 3.05) is 33.2 Å². The maximum Gasteiger partial charge on any atom is 0.233 e. The largest absolute Gasteiger partial charge is 0.347 e. The van der Waals surface area contributed by atoms with Crippen LogP contribution in [0.2, 0.25) is 10.0 Å². The first-order valence-electron chi connectivity index (χ1n) is 14.1. The molecular weight excluding hydrogens is 541 g/mol. The van der Waals surface area contributed by atoms with Crippen LogP contribution in [-0.4, -0.2) is 54.8 Å². The molecule has 0 radical (unpaired) electrons. The minimum Gasteiger partial charge on any atom is -0.347 e. The number of carbonyl (C=O) groups is 2. The number of piperidine rings is 1. The van der Waals surface area contributed by atoms with E-state index in [1.165, 1.54) is 5.56 Å². The van der Waals surface area contributed by atoms with Crippen molar-refractivity contribution in [2.45, 2.75) is 43.6 Å². The van der Waals surface area contributed by atoms with Crippen LogP contribution in [0, 0.1) is 5.92 Å². The fourth-order valence-electron chi connectivity index (χ4n) is 6.46. The van der Waals surface area contributed by atoms with Crippen molar-refractivity contribution in [2.24, 2.45) is 5.92 Å². The molecule has 5 nitrogen and oxygen atoms in total. The standard InChI is InChI=1S/C33H37Cl2N3O2/c1-24(39)36-32(26-11-7-4-8-12-26)16-19-38(20-17-32)23-28-22-33(28,27-13-14-29(34)30(35)21-27)31(40)37(2)18-15-25-9-5-3-6-10-25/h3-14,21,28H,15-20,22-23H2,1-2H3,(H,36,39). The van der Waals surface area contributed by atoms with E-state index in [4.69, 9.17) is 23.2 Å². The number of rotatable bonds is 9. The molecule has 0 spiro atoms.